The Hall–Kier alpha value is -6.11. The topological polar surface area (TPSA) is 175 Å². The first-order valence-corrected chi connectivity index (χ1v) is 19.5. The Kier molecular flexibility index (Phi) is 10.3. The van der Waals surface area contributed by atoms with E-state index >= 15 is 8.78 Å². The molecule has 1 saturated carbocycles. The second-order valence-electron chi connectivity index (χ2n) is 16.3. The second-order valence-corrected chi connectivity index (χ2v) is 16.3. The summed E-state index contributed by atoms with van der Waals surface area (Å²) >= 11 is 0. The molecule has 3 fully saturated rings. The number of alkyl halides is 3. The van der Waals surface area contributed by atoms with Crippen molar-refractivity contribution in [1.29, 1.82) is 0 Å². The number of anilines is 1. The number of urea groups is 1. The van der Waals surface area contributed by atoms with Gasteiger partial charge in [-0.05, 0) is 80.7 Å². The van der Waals surface area contributed by atoms with E-state index in [0.29, 0.717) is 16.8 Å². The van der Waals surface area contributed by atoms with E-state index in [0.717, 1.165) is 57.3 Å². The lowest BCUT2D eigenvalue weighted by molar-refractivity contribution is -0.182. The summed E-state index contributed by atoms with van der Waals surface area (Å²) < 4.78 is 76.2. The lowest BCUT2D eigenvalue weighted by Gasteiger charge is -2.61. The van der Waals surface area contributed by atoms with Crippen molar-refractivity contribution >= 4 is 23.5 Å². The predicted octanol–water partition coefficient (Wildman–Crippen LogP) is 7.05. The smallest absolute Gasteiger partial charge is 0.350 e. The van der Waals surface area contributed by atoms with Gasteiger partial charge in [0.25, 0.3) is 5.91 Å². The Morgan fingerprint density at radius 1 is 1.03 bits per heavy atom. The van der Waals surface area contributed by atoms with Gasteiger partial charge in [-0.15, -0.1) is 0 Å². The number of carbonyl (C=O) groups is 3. The third kappa shape index (κ3) is 7.50. The third-order valence-electron chi connectivity index (χ3n) is 11.9. The van der Waals surface area contributed by atoms with Crippen LogP contribution in [0.4, 0.5) is 32.4 Å². The van der Waals surface area contributed by atoms with Gasteiger partial charge in [0, 0.05) is 61.2 Å². The molecule has 5 heterocycles. The quantitative estimate of drug-likeness (QED) is 0.117. The Morgan fingerprint density at radius 3 is 2.47 bits per heavy atom. The van der Waals surface area contributed by atoms with Gasteiger partial charge in [-0.2, -0.15) is 18.3 Å². The van der Waals surface area contributed by atoms with Crippen LogP contribution in [-0.2, 0) is 16.8 Å². The van der Waals surface area contributed by atoms with Crippen LogP contribution in [-0.4, -0.2) is 78.9 Å². The van der Waals surface area contributed by atoms with Crippen LogP contribution in [0.15, 0.2) is 53.2 Å². The second kappa shape index (κ2) is 15.2. The van der Waals surface area contributed by atoms with Gasteiger partial charge in [-0.1, -0.05) is 30.3 Å². The molecule has 19 heteroatoms. The van der Waals surface area contributed by atoms with Crippen LogP contribution in [0, 0.1) is 24.0 Å². The summed E-state index contributed by atoms with van der Waals surface area (Å²) in [6.45, 7) is 7.25. The maximum absolute atomic E-state index is 15.8. The molecule has 14 nitrogen and oxygen atoms in total. The van der Waals surface area contributed by atoms with Crippen LogP contribution in [0.5, 0.6) is 0 Å². The maximum Gasteiger partial charge on any atom is 0.401 e. The van der Waals surface area contributed by atoms with Crippen molar-refractivity contribution in [3.8, 4) is 22.6 Å². The molecule has 2 aliphatic heterocycles. The van der Waals surface area contributed by atoms with Crippen molar-refractivity contribution in [1.82, 2.24) is 45.8 Å². The Labute approximate surface area is 340 Å². The van der Waals surface area contributed by atoms with E-state index in [2.05, 4.69) is 52.8 Å². The summed E-state index contributed by atoms with van der Waals surface area (Å²) in [5, 5.41) is 14.7. The van der Waals surface area contributed by atoms with E-state index in [4.69, 9.17) is 4.52 Å². The zero-order valence-electron chi connectivity index (χ0n) is 33.1. The summed E-state index contributed by atoms with van der Waals surface area (Å²) in [4.78, 5) is 52.7. The van der Waals surface area contributed by atoms with Crippen molar-refractivity contribution in [2.45, 2.75) is 83.5 Å². The average molecular weight is 833 g/mol. The van der Waals surface area contributed by atoms with E-state index in [1.807, 2.05) is 12.1 Å². The number of imide groups is 1. The number of aromatic amines is 1. The number of H-pyrrole nitrogens is 1. The molecule has 1 aliphatic carbocycles. The molecule has 60 heavy (non-hydrogen) atoms. The molecule has 2 aromatic carbocycles. The van der Waals surface area contributed by atoms with Gasteiger partial charge in [0.1, 0.15) is 22.9 Å². The molecule has 1 atom stereocenters. The maximum atomic E-state index is 15.8. The molecular weight excluding hydrogens is 792 g/mol. The van der Waals surface area contributed by atoms with Crippen LogP contribution in [0.3, 0.4) is 0 Å². The average Bonchev–Trinajstić information content (AvgIpc) is 3.86. The van der Waals surface area contributed by atoms with Gasteiger partial charge >= 0.3 is 12.2 Å². The number of rotatable bonds is 11. The Morgan fingerprint density at radius 2 is 1.80 bits per heavy atom. The summed E-state index contributed by atoms with van der Waals surface area (Å²) in [6, 6.07) is 10.8. The normalized spacial score (nSPS) is 17.6. The summed E-state index contributed by atoms with van der Waals surface area (Å²) in [5.74, 6) is -2.31. The highest BCUT2D eigenvalue weighted by Gasteiger charge is 2.54. The molecular formula is C41H41F5N10O4. The van der Waals surface area contributed by atoms with Crippen molar-refractivity contribution in [3.63, 3.8) is 0 Å². The van der Waals surface area contributed by atoms with Crippen LogP contribution in [0.25, 0.3) is 22.6 Å². The number of nitrogens with one attached hydrogen (secondary N) is 3. The van der Waals surface area contributed by atoms with Crippen molar-refractivity contribution in [2.24, 2.45) is 5.41 Å². The monoisotopic (exact) mass is 832 g/mol. The number of amides is 4. The SMILES string of the molecule is CCC(c1ccc(-c2cnc(-c3cc(C(=O)NCc4nc(C(C)(C)C(F)(F)F)n[nH]4)on3)nc2C)c(F)c1)N1CC2(CC(c3ccc(N4CCC(=O)NC4=O)c(F)c3)C2)C1. The largest absolute Gasteiger partial charge is 0.401 e. The summed E-state index contributed by atoms with van der Waals surface area (Å²) in [5.41, 5.74) is 1.11. The first kappa shape index (κ1) is 40.7. The van der Waals surface area contributed by atoms with Gasteiger partial charge in [0.15, 0.2) is 17.3 Å². The van der Waals surface area contributed by atoms with Gasteiger partial charge in [-0.3, -0.25) is 29.8 Å². The summed E-state index contributed by atoms with van der Waals surface area (Å²) in [6.07, 6.45) is -0.394. The third-order valence-corrected chi connectivity index (χ3v) is 11.9. The standard InChI is InChI=1S/C41H41F5N10O4/c1-5-30(55-19-40(20-55)15-24(16-40)22-7-9-31(28(43)12-22)56-11-10-34(57)51-38(56)59)23-6-8-25(27(42)13-23)26-17-47-35(49-21(26)2)29-14-32(60-54-29)36(58)48-18-33-50-37(53-52-33)39(3,4)41(44,45)46/h6-9,12-14,17,24,30H,5,10-11,15-16,18-20H2,1-4H3,(H,48,58)(H,50,52,53)(H,51,57,59). The van der Waals surface area contributed by atoms with E-state index < -0.39 is 41.0 Å². The Balaban J connectivity index is 0.861. The van der Waals surface area contributed by atoms with Gasteiger partial charge in [0.2, 0.25) is 11.7 Å². The molecule has 2 saturated heterocycles. The molecule has 1 unspecified atom stereocenters. The fourth-order valence-corrected chi connectivity index (χ4v) is 8.34. The zero-order valence-corrected chi connectivity index (χ0v) is 33.1. The lowest BCUT2D eigenvalue weighted by Crippen LogP contribution is -2.62. The highest BCUT2D eigenvalue weighted by atomic mass is 19.4. The number of benzene rings is 2. The number of halogens is 5. The number of hydrogen-bond donors (Lipinski definition) is 3. The minimum Gasteiger partial charge on any atom is -0.350 e. The van der Waals surface area contributed by atoms with E-state index in [-0.39, 0.29) is 71.6 Å². The number of likely N-dealkylation sites (tertiary alicyclic amines) is 1. The van der Waals surface area contributed by atoms with E-state index in [1.165, 1.54) is 23.2 Å². The van der Waals surface area contributed by atoms with Gasteiger partial charge < -0.3 is 9.84 Å². The van der Waals surface area contributed by atoms with Gasteiger partial charge in [0.05, 0.1) is 12.2 Å². The predicted molar refractivity (Wildman–Crippen MR) is 205 cm³/mol. The molecule has 0 radical (unpaired) electrons. The van der Waals surface area contributed by atoms with Crippen molar-refractivity contribution in [3.05, 3.63) is 94.5 Å². The molecule has 5 aromatic rings. The first-order valence-electron chi connectivity index (χ1n) is 19.5. The first-order chi connectivity index (χ1) is 28.4. The number of nitrogens with zero attached hydrogens (tertiary/aromatic N) is 7. The van der Waals surface area contributed by atoms with Crippen molar-refractivity contribution < 1.29 is 40.9 Å². The molecule has 0 bridgehead atoms. The van der Waals surface area contributed by atoms with Crippen LogP contribution in [0.1, 0.15) is 97.4 Å². The molecule has 4 amide bonds. The number of carbonyl (C=O) groups excluding carboxylic acids is 3. The molecule has 3 aromatic heterocycles. The lowest BCUT2D eigenvalue weighted by atomic mass is 9.55. The zero-order chi connectivity index (χ0) is 42.7. The van der Waals surface area contributed by atoms with Crippen LogP contribution < -0.4 is 15.5 Å². The van der Waals surface area contributed by atoms with Crippen molar-refractivity contribution in [2.75, 3.05) is 24.5 Å². The minimum absolute atomic E-state index is 0.00515. The minimum atomic E-state index is -4.57. The molecule has 8 rings (SSSR count). The fraction of sp³-hybridized carbons (Fsp3) is 0.415. The molecule has 314 valence electrons. The van der Waals surface area contributed by atoms with E-state index in [9.17, 15) is 27.6 Å². The Bertz CT molecular complexity index is 2490. The van der Waals surface area contributed by atoms with Crippen LogP contribution in [0.2, 0.25) is 0 Å². The summed E-state index contributed by atoms with van der Waals surface area (Å²) in [7, 11) is 0. The van der Waals surface area contributed by atoms with Crippen LogP contribution >= 0.6 is 0 Å². The fourth-order valence-electron chi connectivity index (χ4n) is 8.34. The number of aryl methyl sites for hydroxylation is 1. The van der Waals surface area contributed by atoms with E-state index in [1.54, 1.807) is 25.1 Å². The number of aromatic nitrogens is 6. The van der Waals surface area contributed by atoms with Gasteiger partial charge in [-0.25, -0.2) is 28.5 Å². The molecule has 3 N–H and O–H groups in total. The highest BCUT2D eigenvalue weighted by Crippen LogP contribution is 2.58. The highest BCUT2D eigenvalue weighted by molar-refractivity contribution is 6.05. The number of hydrogen-bond acceptors (Lipinski definition) is 10. The molecule has 1 spiro atoms. The molecule has 3 aliphatic rings.